The summed E-state index contributed by atoms with van der Waals surface area (Å²) in [6.07, 6.45) is 7.22. The van der Waals surface area contributed by atoms with E-state index in [-0.39, 0.29) is 6.42 Å². The molecule has 0 saturated heterocycles. The Morgan fingerprint density at radius 3 is 2.38 bits per heavy atom. The Balaban J connectivity index is 1.80. The summed E-state index contributed by atoms with van der Waals surface area (Å²) in [5, 5.41) is 21.8. The summed E-state index contributed by atoms with van der Waals surface area (Å²) in [7, 11) is 0. The molecule has 0 atom stereocenters. The lowest BCUT2D eigenvalue weighted by molar-refractivity contribution is 1.18. The number of aliphatic imine (C=N–C) groups is 1. The van der Waals surface area contributed by atoms with Crippen LogP contribution in [0.5, 0.6) is 0 Å². The van der Waals surface area contributed by atoms with Gasteiger partial charge in [-0.1, -0.05) is 60.7 Å². The normalized spacial score (nSPS) is 13.1. The number of fused-ring (bicyclic) bond motifs is 5. The highest BCUT2D eigenvalue weighted by molar-refractivity contribution is 6.26. The topological polar surface area (TPSA) is 64.9 Å². The maximum absolute atomic E-state index is 9.14. The Hall–Kier alpha value is -4.75. The fourth-order valence-electron chi connectivity index (χ4n) is 4.85. The summed E-state index contributed by atoms with van der Waals surface area (Å²) in [4.78, 5) is 4.14. The molecule has 0 bridgehead atoms. The van der Waals surface area contributed by atoms with Crippen LogP contribution in [0.4, 0.5) is 0 Å². The maximum Gasteiger partial charge on any atom is 0.0663 e. The van der Waals surface area contributed by atoms with E-state index in [1.807, 2.05) is 30.6 Å². The lowest BCUT2D eigenvalue weighted by Gasteiger charge is -2.12. The van der Waals surface area contributed by atoms with Crippen molar-refractivity contribution in [3.63, 3.8) is 0 Å². The van der Waals surface area contributed by atoms with Gasteiger partial charge < -0.3 is 9.98 Å². The minimum absolute atomic E-state index is 0.263. The van der Waals surface area contributed by atoms with Gasteiger partial charge in [-0.25, -0.2) is 0 Å². The molecule has 0 fully saturated rings. The van der Waals surface area contributed by atoms with Gasteiger partial charge in [0.2, 0.25) is 0 Å². The molecule has 1 aliphatic rings. The SMILES string of the molecule is N#CC/C=C(\C=N)c1cc2c(c3ccccc13)c1ccc(C3=CN=C3)cc1n2-c1ccccc1. The van der Waals surface area contributed by atoms with Crippen molar-refractivity contribution in [3.8, 4) is 11.8 Å². The molecule has 0 radical (unpaired) electrons. The minimum atomic E-state index is 0.263. The van der Waals surface area contributed by atoms with Crippen molar-refractivity contribution >= 4 is 56.2 Å². The number of rotatable bonds is 5. The molecule has 6 rings (SSSR count). The molecule has 2 heterocycles. The van der Waals surface area contributed by atoms with E-state index >= 15 is 0 Å². The van der Waals surface area contributed by atoms with Crippen molar-refractivity contribution in [2.75, 3.05) is 0 Å². The maximum atomic E-state index is 9.14. The van der Waals surface area contributed by atoms with Crippen molar-refractivity contribution in [2.24, 2.45) is 4.99 Å². The monoisotopic (exact) mass is 436 g/mol. The van der Waals surface area contributed by atoms with Gasteiger partial charge in [0.1, 0.15) is 0 Å². The molecule has 4 aromatic carbocycles. The second kappa shape index (κ2) is 7.99. The first-order chi connectivity index (χ1) is 16.8. The largest absolute Gasteiger partial charge is 0.309 e. The van der Waals surface area contributed by atoms with E-state index in [1.165, 1.54) is 17.0 Å². The zero-order valence-corrected chi connectivity index (χ0v) is 18.4. The highest BCUT2D eigenvalue weighted by Gasteiger charge is 2.19. The Morgan fingerprint density at radius 1 is 0.912 bits per heavy atom. The Morgan fingerprint density at radius 2 is 1.68 bits per heavy atom. The number of nitrogens with zero attached hydrogens (tertiary/aromatic N) is 3. The molecule has 0 saturated carbocycles. The van der Waals surface area contributed by atoms with Crippen LogP contribution >= 0.6 is 0 Å². The van der Waals surface area contributed by atoms with Gasteiger partial charge in [0.05, 0.1) is 23.5 Å². The summed E-state index contributed by atoms with van der Waals surface area (Å²) in [5.74, 6) is 0. The van der Waals surface area contributed by atoms with E-state index in [4.69, 9.17) is 10.7 Å². The van der Waals surface area contributed by atoms with Crippen LogP contribution in [0.3, 0.4) is 0 Å². The fourth-order valence-corrected chi connectivity index (χ4v) is 4.85. The fraction of sp³-hybridized carbons (Fsp3) is 0.0333. The van der Waals surface area contributed by atoms with Gasteiger partial charge in [0.15, 0.2) is 0 Å². The van der Waals surface area contributed by atoms with Crippen molar-refractivity contribution in [1.29, 1.82) is 10.7 Å². The average molecular weight is 437 g/mol. The molecule has 160 valence electrons. The highest BCUT2D eigenvalue weighted by atomic mass is 15.0. The van der Waals surface area contributed by atoms with Gasteiger partial charge in [-0.05, 0) is 51.7 Å². The first kappa shape index (κ1) is 19.9. The molecule has 1 aromatic heterocycles. The molecule has 4 heteroatoms. The number of allylic oxidation sites excluding steroid dienone is 3. The highest BCUT2D eigenvalue weighted by Crippen LogP contribution is 2.40. The second-order valence-corrected chi connectivity index (χ2v) is 8.30. The molecule has 1 aliphatic heterocycles. The van der Waals surface area contributed by atoms with E-state index < -0.39 is 0 Å². The molecule has 4 nitrogen and oxygen atoms in total. The quantitative estimate of drug-likeness (QED) is 0.288. The number of nitriles is 1. The molecule has 0 aliphatic carbocycles. The predicted molar refractivity (Wildman–Crippen MR) is 142 cm³/mol. The van der Waals surface area contributed by atoms with Crippen molar-refractivity contribution in [3.05, 3.63) is 102 Å². The number of para-hydroxylation sites is 1. The lowest BCUT2D eigenvalue weighted by Crippen LogP contribution is -1.97. The summed E-state index contributed by atoms with van der Waals surface area (Å²) >= 11 is 0. The lowest BCUT2D eigenvalue weighted by atomic mass is 9.94. The van der Waals surface area contributed by atoms with Gasteiger partial charge in [0, 0.05) is 40.7 Å². The Labute approximate surface area is 196 Å². The van der Waals surface area contributed by atoms with Crippen LogP contribution in [0.15, 0.2) is 96.1 Å². The van der Waals surface area contributed by atoms with Gasteiger partial charge >= 0.3 is 0 Å². The summed E-state index contributed by atoms with van der Waals surface area (Å²) < 4.78 is 2.30. The molecule has 34 heavy (non-hydrogen) atoms. The van der Waals surface area contributed by atoms with Crippen LogP contribution in [-0.2, 0) is 0 Å². The number of aromatic nitrogens is 1. The molecule has 0 amide bonds. The molecular formula is C30H20N4. The third-order valence-corrected chi connectivity index (χ3v) is 6.43. The van der Waals surface area contributed by atoms with Crippen LogP contribution in [0.2, 0.25) is 0 Å². The van der Waals surface area contributed by atoms with Crippen molar-refractivity contribution in [2.45, 2.75) is 6.42 Å². The van der Waals surface area contributed by atoms with Crippen LogP contribution in [-0.4, -0.2) is 17.0 Å². The summed E-state index contributed by atoms with van der Waals surface area (Å²) in [6, 6.07) is 29.6. The van der Waals surface area contributed by atoms with E-state index in [0.29, 0.717) is 0 Å². The van der Waals surface area contributed by atoms with Crippen molar-refractivity contribution in [1.82, 2.24) is 4.57 Å². The smallest absolute Gasteiger partial charge is 0.0663 e. The van der Waals surface area contributed by atoms with E-state index in [0.717, 1.165) is 49.8 Å². The number of benzene rings is 4. The predicted octanol–water partition coefficient (Wildman–Crippen LogP) is 7.31. The number of nitrogens with one attached hydrogen (secondary N) is 1. The van der Waals surface area contributed by atoms with Crippen molar-refractivity contribution < 1.29 is 0 Å². The molecule has 5 aromatic rings. The second-order valence-electron chi connectivity index (χ2n) is 8.30. The van der Waals surface area contributed by atoms with Crippen LogP contribution in [0.25, 0.3) is 49.4 Å². The zero-order chi connectivity index (χ0) is 23.1. The average Bonchev–Trinajstić information content (AvgIpc) is 3.17. The molecule has 0 spiro atoms. The first-order valence-electron chi connectivity index (χ1n) is 11.2. The number of hydrogen-bond acceptors (Lipinski definition) is 3. The standard InChI is InChI=1S/C30H20N4/c31-14-6-7-21(17-32)27-16-29-30(25-11-5-4-10-24(25)27)26-13-12-20(22-18-33-19-22)15-28(26)34(29)23-8-2-1-3-9-23/h1-5,7-13,15-19,32H,6H2/b21-7+,32-17?. The van der Waals surface area contributed by atoms with E-state index in [2.05, 4.69) is 82.4 Å². The van der Waals surface area contributed by atoms with Crippen LogP contribution < -0.4 is 0 Å². The third-order valence-electron chi connectivity index (χ3n) is 6.43. The van der Waals surface area contributed by atoms with Crippen LogP contribution in [0.1, 0.15) is 17.5 Å². The number of hydrogen-bond donors (Lipinski definition) is 1. The minimum Gasteiger partial charge on any atom is -0.309 e. The molecular weight excluding hydrogens is 416 g/mol. The van der Waals surface area contributed by atoms with E-state index in [1.54, 1.807) is 0 Å². The van der Waals surface area contributed by atoms with Crippen LogP contribution in [0, 0.1) is 16.7 Å². The van der Waals surface area contributed by atoms with Gasteiger partial charge in [-0.2, -0.15) is 5.26 Å². The Kier molecular flexibility index (Phi) is 4.67. The first-order valence-corrected chi connectivity index (χ1v) is 11.2. The van der Waals surface area contributed by atoms with Gasteiger partial charge in [-0.3, -0.25) is 4.99 Å². The van der Waals surface area contributed by atoms with Gasteiger partial charge in [0.25, 0.3) is 0 Å². The Bertz CT molecular complexity index is 1740. The van der Waals surface area contributed by atoms with E-state index in [9.17, 15) is 0 Å². The summed E-state index contributed by atoms with van der Waals surface area (Å²) in [5.41, 5.74) is 7.26. The molecule has 0 unspecified atom stereocenters. The molecule has 1 N–H and O–H groups in total. The third kappa shape index (κ3) is 2.99. The van der Waals surface area contributed by atoms with Gasteiger partial charge in [-0.15, -0.1) is 0 Å². The summed E-state index contributed by atoms with van der Waals surface area (Å²) in [6.45, 7) is 0. The zero-order valence-electron chi connectivity index (χ0n) is 18.4.